The van der Waals surface area contributed by atoms with Gasteiger partial charge in [0, 0.05) is 39.9 Å². The lowest BCUT2D eigenvalue weighted by Gasteiger charge is -2.18. The Bertz CT molecular complexity index is 264. The minimum Gasteiger partial charge on any atom is -0.385 e. The van der Waals surface area contributed by atoms with Gasteiger partial charge in [-0.2, -0.15) is 0 Å². The Morgan fingerprint density at radius 2 is 2.26 bits per heavy atom. The normalized spacial score (nSPS) is 22.9. The van der Waals surface area contributed by atoms with Gasteiger partial charge in [-0.25, -0.2) is 0 Å². The van der Waals surface area contributed by atoms with Crippen LogP contribution < -0.4 is 11.1 Å². The maximum Gasteiger partial charge on any atom is 0.249 e. The molecule has 3 N–H and O–H groups in total. The molecule has 0 spiro atoms. The van der Waals surface area contributed by atoms with Crippen LogP contribution in [0.5, 0.6) is 0 Å². The minimum atomic E-state index is -0.313. The molecule has 0 aromatic carbocycles. The quantitative estimate of drug-likeness (QED) is 0.558. The van der Waals surface area contributed by atoms with E-state index in [1.807, 2.05) is 7.05 Å². The number of carbonyl (C=O) groups excluding carboxylic acids is 1. The van der Waals surface area contributed by atoms with Gasteiger partial charge in [0.15, 0.2) is 0 Å². The zero-order valence-electron chi connectivity index (χ0n) is 12.1. The lowest BCUT2D eigenvalue weighted by molar-refractivity contribution is -0.131. The number of carbonyl (C=O) groups is 1. The van der Waals surface area contributed by atoms with Gasteiger partial charge in [0.25, 0.3) is 0 Å². The Kier molecular flexibility index (Phi) is 7.97. The molecule has 1 saturated heterocycles. The number of hydrogen-bond donors (Lipinski definition) is 2. The Morgan fingerprint density at radius 3 is 2.89 bits per heavy atom. The van der Waals surface area contributed by atoms with Gasteiger partial charge in [-0.3, -0.25) is 4.79 Å². The van der Waals surface area contributed by atoms with Crippen molar-refractivity contribution in [1.29, 1.82) is 0 Å². The first-order chi connectivity index (χ1) is 9.17. The van der Waals surface area contributed by atoms with Crippen LogP contribution in [0.25, 0.3) is 0 Å². The van der Waals surface area contributed by atoms with Crippen molar-refractivity contribution < 1.29 is 14.3 Å². The molecular formula is C13H27N3O3. The van der Waals surface area contributed by atoms with Crippen molar-refractivity contribution in [2.45, 2.75) is 31.5 Å². The number of nitrogens with two attached hydrogens (primary N) is 1. The summed E-state index contributed by atoms with van der Waals surface area (Å²) >= 11 is 0. The van der Waals surface area contributed by atoms with E-state index >= 15 is 0 Å². The summed E-state index contributed by atoms with van der Waals surface area (Å²) in [6.45, 7) is 3.72. The fraction of sp³-hybridized carbons (Fsp3) is 0.923. The highest BCUT2D eigenvalue weighted by atomic mass is 16.5. The molecule has 19 heavy (non-hydrogen) atoms. The van der Waals surface area contributed by atoms with Crippen molar-refractivity contribution in [3.8, 4) is 0 Å². The topological polar surface area (TPSA) is 76.8 Å². The number of nitrogens with one attached hydrogen (secondary N) is 1. The largest absolute Gasteiger partial charge is 0.385 e. The molecule has 1 amide bonds. The van der Waals surface area contributed by atoms with Gasteiger partial charge in [-0.05, 0) is 26.3 Å². The first kappa shape index (κ1) is 16.4. The third-order valence-electron chi connectivity index (χ3n) is 3.34. The van der Waals surface area contributed by atoms with Gasteiger partial charge >= 0.3 is 0 Å². The number of rotatable bonds is 9. The van der Waals surface area contributed by atoms with Crippen LogP contribution in [-0.2, 0) is 14.3 Å². The smallest absolute Gasteiger partial charge is 0.249 e. The highest BCUT2D eigenvalue weighted by Gasteiger charge is 2.29. The van der Waals surface area contributed by atoms with Gasteiger partial charge in [0.05, 0.1) is 6.10 Å². The van der Waals surface area contributed by atoms with Crippen LogP contribution in [0.3, 0.4) is 0 Å². The second-order valence-electron chi connectivity index (χ2n) is 5.00. The van der Waals surface area contributed by atoms with E-state index in [9.17, 15) is 4.79 Å². The van der Waals surface area contributed by atoms with Crippen molar-refractivity contribution in [2.75, 3.05) is 46.9 Å². The monoisotopic (exact) mass is 273 g/mol. The molecule has 6 nitrogen and oxygen atoms in total. The number of hydrogen-bond acceptors (Lipinski definition) is 5. The molecular weight excluding hydrogens is 246 g/mol. The number of ether oxygens (including phenoxy) is 2. The number of likely N-dealkylation sites (N-methyl/N-ethyl adjacent to an activating group) is 1. The zero-order chi connectivity index (χ0) is 14.1. The van der Waals surface area contributed by atoms with E-state index in [1.54, 1.807) is 7.11 Å². The van der Waals surface area contributed by atoms with Gasteiger partial charge in [0.1, 0.15) is 6.10 Å². The van der Waals surface area contributed by atoms with Crippen LogP contribution in [0, 0.1) is 0 Å². The second kappa shape index (κ2) is 9.25. The van der Waals surface area contributed by atoms with Crippen LogP contribution in [0.4, 0.5) is 0 Å². The van der Waals surface area contributed by atoms with Crippen molar-refractivity contribution >= 4 is 5.91 Å². The van der Waals surface area contributed by atoms with Crippen molar-refractivity contribution in [3.05, 3.63) is 0 Å². The summed E-state index contributed by atoms with van der Waals surface area (Å²) in [6, 6.07) is 0. The van der Waals surface area contributed by atoms with Gasteiger partial charge < -0.3 is 25.4 Å². The Hall–Kier alpha value is -0.690. The number of nitrogens with zero attached hydrogens (tertiary/aromatic N) is 1. The summed E-state index contributed by atoms with van der Waals surface area (Å²) in [7, 11) is 3.74. The number of methoxy groups -OCH3 is 1. The van der Waals surface area contributed by atoms with Gasteiger partial charge in [-0.15, -0.1) is 0 Å². The fourth-order valence-electron chi connectivity index (χ4n) is 2.15. The van der Waals surface area contributed by atoms with Gasteiger partial charge in [0.2, 0.25) is 5.91 Å². The van der Waals surface area contributed by atoms with E-state index in [1.165, 1.54) is 0 Å². The molecule has 1 aliphatic heterocycles. The van der Waals surface area contributed by atoms with Crippen molar-refractivity contribution in [3.63, 3.8) is 0 Å². The van der Waals surface area contributed by atoms with Crippen LogP contribution in [0.15, 0.2) is 0 Å². The molecule has 0 aromatic heterocycles. The van der Waals surface area contributed by atoms with Crippen LogP contribution in [0.2, 0.25) is 0 Å². The Morgan fingerprint density at radius 1 is 1.47 bits per heavy atom. The summed E-state index contributed by atoms with van der Waals surface area (Å²) < 4.78 is 10.5. The maximum absolute atomic E-state index is 11.8. The molecule has 0 unspecified atom stereocenters. The predicted octanol–water partition coefficient (Wildman–Crippen LogP) is -0.423. The molecule has 1 fully saturated rings. The predicted molar refractivity (Wildman–Crippen MR) is 73.9 cm³/mol. The molecule has 0 aliphatic carbocycles. The minimum absolute atomic E-state index is 0.0127. The lowest BCUT2D eigenvalue weighted by atomic mass is 10.2. The Balaban J connectivity index is 2.07. The average Bonchev–Trinajstić information content (AvgIpc) is 2.87. The fourth-order valence-corrected chi connectivity index (χ4v) is 2.15. The molecule has 0 radical (unpaired) electrons. The van der Waals surface area contributed by atoms with Crippen LogP contribution >= 0.6 is 0 Å². The Labute approximate surface area is 115 Å². The summed E-state index contributed by atoms with van der Waals surface area (Å²) in [5.74, 6) is -0.0127. The molecule has 2 atom stereocenters. The third kappa shape index (κ3) is 6.33. The van der Waals surface area contributed by atoms with E-state index in [0.717, 1.165) is 39.0 Å². The van der Waals surface area contributed by atoms with Crippen molar-refractivity contribution in [1.82, 2.24) is 10.2 Å². The standard InChI is InChI=1S/C13H27N3O3/c1-16(7-3-9-18-2)8-6-15-13(17)12-5-4-11(10-14)19-12/h11-12H,3-10,14H2,1-2H3,(H,15,17)/t11-,12+/m1/s1. The first-order valence-electron chi connectivity index (χ1n) is 6.98. The molecule has 1 heterocycles. The van der Waals surface area contributed by atoms with Crippen LogP contribution in [-0.4, -0.2) is 70.0 Å². The van der Waals surface area contributed by atoms with E-state index < -0.39 is 0 Å². The second-order valence-corrected chi connectivity index (χ2v) is 5.00. The zero-order valence-corrected chi connectivity index (χ0v) is 12.1. The van der Waals surface area contributed by atoms with Crippen LogP contribution in [0.1, 0.15) is 19.3 Å². The first-order valence-corrected chi connectivity index (χ1v) is 6.98. The molecule has 0 aromatic rings. The summed E-state index contributed by atoms with van der Waals surface area (Å²) in [5.41, 5.74) is 5.52. The van der Waals surface area contributed by atoms with E-state index in [2.05, 4.69) is 10.2 Å². The summed E-state index contributed by atoms with van der Waals surface area (Å²) in [6.07, 6.45) is 2.40. The van der Waals surface area contributed by atoms with E-state index in [0.29, 0.717) is 13.1 Å². The molecule has 1 rings (SSSR count). The average molecular weight is 273 g/mol. The molecule has 0 bridgehead atoms. The molecule has 112 valence electrons. The molecule has 0 saturated carbocycles. The van der Waals surface area contributed by atoms with Crippen molar-refractivity contribution in [2.24, 2.45) is 5.73 Å². The highest BCUT2D eigenvalue weighted by Crippen LogP contribution is 2.18. The van der Waals surface area contributed by atoms with Gasteiger partial charge in [-0.1, -0.05) is 0 Å². The highest BCUT2D eigenvalue weighted by molar-refractivity contribution is 5.81. The molecule has 1 aliphatic rings. The van der Waals surface area contributed by atoms with E-state index in [-0.39, 0.29) is 18.1 Å². The summed E-state index contributed by atoms with van der Waals surface area (Å²) in [4.78, 5) is 14.0. The SMILES string of the molecule is COCCCN(C)CCNC(=O)[C@@H]1CC[C@H](CN)O1. The third-order valence-corrected chi connectivity index (χ3v) is 3.34. The lowest BCUT2D eigenvalue weighted by Crippen LogP contribution is -2.39. The number of amides is 1. The summed E-state index contributed by atoms with van der Waals surface area (Å²) in [5, 5.41) is 2.91. The maximum atomic E-state index is 11.8. The van der Waals surface area contributed by atoms with E-state index in [4.69, 9.17) is 15.2 Å². The molecule has 6 heteroatoms.